The van der Waals surface area contributed by atoms with E-state index < -0.39 is 17.3 Å². The van der Waals surface area contributed by atoms with E-state index in [9.17, 15) is 14.7 Å². The summed E-state index contributed by atoms with van der Waals surface area (Å²) in [5, 5.41) is 10.7. The highest BCUT2D eigenvalue weighted by Gasteiger charge is 2.24. The van der Waals surface area contributed by atoms with Crippen LogP contribution in [-0.2, 0) is 9.59 Å². The zero-order chi connectivity index (χ0) is 25.0. The van der Waals surface area contributed by atoms with Gasteiger partial charge in [-0.3, -0.25) is 9.59 Å². The highest BCUT2D eigenvalue weighted by molar-refractivity contribution is 7.11. The molecule has 6 nitrogen and oxygen atoms in total. The number of aromatic nitrogens is 1. The molecule has 0 bridgehead atoms. The average molecular weight is 502 g/mol. The van der Waals surface area contributed by atoms with Crippen molar-refractivity contribution in [3.8, 4) is 22.6 Å². The fourth-order valence-corrected chi connectivity index (χ4v) is 4.54. The van der Waals surface area contributed by atoms with Gasteiger partial charge in [0.15, 0.2) is 5.78 Å². The molecule has 0 aliphatic rings. The van der Waals surface area contributed by atoms with Gasteiger partial charge >= 0.3 is 5.97 Å². The van der Waals surface area contributed by atoms with Gasteiger partial charge in [-0.25, -0.2) is 4.98 Å². The van der Waals surface area contributed by atoms with Gasteiger partial charge < -0.3 is 14.6 Å². The molecule has 3 rings (SSSR count). The van der Waals surface area contributed by atoms with Gasteiger partial charge in [0.25, 0.3) is 0 Å². The quantitative estimate of drug-likeness (QED) is 0.366. The monoisotopic (exact) mass is 501 g/mol. The molecule has 1 atom stereocenters. The lowest BCUT2D eigenvalue weighted by Gasteiger charge is -2.18. The number of ketones is 1. The summed E-state index contributed by atoms with van der Waals surface area (Å²) in [6.07, 6.45) is 1.63. The normalized spacial score (nSPS) is 12.3. The van der Waals surface area contributed by atoms with Crippen molar-refractivity contribution in [3.05, 3.63) is 63.1 Å². The number of Topliss-reactive ketones (excluding diaryl/α,β-unsaturated/α-hetero) is 1. The number of hydrogen-bond donors (Lipinski definition) is 1. The van der Waals surface area contributed by atoms with Crippen molar-refractivity contribution < 1.29 is 24.2 Å². The maximum absolute atomic E-state index is 12.3. The van der Waals surface area contributed by atoms with Gasteiger partial charge in [0.1, 0.15) is 23.1 Å². The van der Waals surface area contributed by atoms with Crippen molar-refractivity contribution in [2.24, 2.45) is 5.41 Å². The summed E-state index contributed by atoms with van der Waals surface area (Å²) in [5.74, 6) is -0.250. The fourth-order valence-electron chi connectivity index (χ4n) is 3.39. The van der Waals surface area contributed by atoms with Crippen molar-refractivity contribution in [1.29, 1.82) is 0 Å². The Kier molecular flexibility index (Phi) is 8.00. The molecule has 34 heavy (non-hydrogen) atoms. The maximum atomic E-state index is 12.3. The summed E-state index contributed by atoms with van der Waals surface area (Å²) < 4.78 is 11.3. The zero-order valence-corrected chi connectivity index (χ0v) is 21.4. The number of aliphatic carboxylic acids is 1. The largest absolute Gasteiger partial charge is 0.496 e. The third-order valence-electron chi connectivity index (χ3n) is 5.33. The third kappa shape index (κ3) is 6.36. The van der Waals surface area contributed by atoms with Gasteiger partial charge in [0.2, 0.25) is 0 Å². The Labute approximate surface area is 208 Å². The first-order chi connectivity index (χ1) is 16.0. The van der Waals surface area contributed by atoms with Crippen LogP contribution >= 0.6 is 22.9 Å². The summed E-state index contributed by atoms with van der Waals surface area (Å²) in [4.78, 5) is 29.3. The average Bonchev–Trinajstić information content (AvgIpc) is 3.20. The van der Waals surface area contributed by atoms with Crippen molar-refractivity contribution in [3.63, 3.8) is 0 Å². The van der Waals surface area contributed by atoms with Crippen LogP contribution in [0.25, 0.3) is 11.1 Å². The molecule has 0 aliphatic carbocycles. The van der Waals surface area contributed by atoms with E-state index in [4.69, 9.17) is 21.1 Å². The highest BCUT2D eigenvalue weighted by Crippen LogP contribution is 2.39. The van der Waals surface area contributed by atoms with E-state index in [0.29, 0.717) is 16.5 Å². The third-order valence-corrected chi connectivity index (χ3v) is 6.57. The predicted octanol–water partition coefficient (Wildman–Crippen LogP) is 6.38. The molecule has 2 aromatic carbocycles. The molecule has 1 N–H and O–H groups in total. The molecule has 0 saturated heterocycles. The van der Waals surface area contributed by atoms with E-state index in [1.165, 1.54) is 11.3 Å². The Balaban J connectivity index is 2.02. The van der Waals surface area contributed by atoms with Gasteiger partial charge in [-0.15, -0.1) is 11.3 Å². The first kappa shape index (κ1) is 25.7. The van der Waals surface area contributed by atoms with Crippen LogP contribution in [0.3, 0.4) is 0 Å². The van der Waals surface area contributed by atoms with E-state index in [2.05, 4.69) is 4.98 Å². The lowest BCUT2D eigenvalue weighted by Crippen LogP contribution is -2.26. The Hall–Kier alpha value is -2.90. The number of nitrogens with zero attached hydrogens (tertiary/aromatic N) is 1. The van der Waals surface area contributed by atoms with E-state index >= 15 is 0 Å². The van der Waals surface area contributed by atoms with Crippen LogP contribution in [0.5, 0.6) is 11.5 Å². The Morgan fingerprint density at radius 2 is 1.91 bits per heavy atom. The molecule has 0 spiro atoms. The van der Waals surface area contributed by atoms with Crippen molar-refractivity contribution in [1.82, 2.24) is 4.98 Å². The molecule has 0 radical (unpaired) electrons. The maximum Gasteiger partial charge on any atom is 0.304 e. The summed E-state index contributed by atoms with van der Waals surface area (Å²) >= 11 is 7.95. The number of benzene rings is 2. The second-order valence-electron chi connectivity index (χ2n) is 9.06. The van der Waals surface area contributed by atoms with Crippen molar-refractivity contribution in [2.45, 2.75) is 40.0 Å². The van der Waals surface area contributed by atoms with Crippen molar-refractivity contribution in [2.75, 3.05) is 13.7 Å². The molecule has 1 aromatic heterocycles. The Bertz CT molecular complexity index is 1200. The number of methoxy groups -OCH3 is 1. The smallest absolute Gasteiger partial charge is 0.304 e. The number of carbonyl (C=O) groups is 2. The number of hydrogen-bond acceptors (Lipinski definition) is 6. The minimum absolute atomic E-state index is 0.00911. The van der Waals surface area contributed by atoms with Crippen LogP contribution < -0.4 is 9.47 Å². The second-order valence-corrected chi connectivity index (χ2v) is 10.8. The minimum atomic E-state index is -0.920. The summed E-state index contributed by atoms with van der Waals surface area (Å²) in [5.41, 5.74) is 1.72. The van der Waals surface area contributed by atoms with E-state index in [1.54, 1.807) is 43.6 Å². The predicted molar refractivity (Wildman–Crippen MR) is 134 cm³/mol. The highest BCUT2D eigenvalue weighted by atomic mass is 35.5. The lowest BCUT2D eigenvalue weighted by molar-refractivity contribution is -0.137. The second kappa shape index (κ2) is 10.6. The molecule has 0 saturated carbocycles. The fraction of sp³-hybridized carbons (Fsp3) is 0.346. The van der Waals surface area contributed by atoms with Crippen LogP contribution in [0, 0.1) is 12.3 Å². The number of carboxylic acid groups (broad SMARTS) is 1. The SMILES string of the molecule is COc1ccc(OCC(=O)C(C)(C)C)cc1-c1cc(Cl)cc(C(CC(=O)O)c2ncc(C)s2)c1. The Morgan fingerprint density at radius 1 is 1.18 bits per heavy atom. The van der Waals surface area contributed by atoms with Gasteiger partial charge in [0.05, 0.1) is 13.5 Å². The number of thiazole rings is 1. The molecular weight excluding hydrogens is 474 g/mol. The Morgan fingerprint density at radius 3 is 2.50 bits per heavy atom. The van der Waals surface area contributed by atoms with Gasteiger partial charge in [-0.05, 0) is 48.4 Å². The molecule has 0 amide bonds. The van der Waals surface area contributed by atoms with Crippen LogP contribution in [0.1, 0.15) is 48.6 Å². The van der Waals surface area contributed by atoms with Gasteiger partial charge in [0, 0.05) is 33.0 Å². The molecule has 8 heteroatoms. The first-order valence-electron chi connectivity index (χ1n) is 10.8. The van der Waals surface area contributed by atoms with Crippen LogP contribution in [0.2, 0.25) is 5.02 Å². The van der Waals surface area contributed by atoms with Crippen LogP contribution in [-0.4, -0.2) is 35.6 Å². The molecule has 1 heterocycles. The van der Waals surface area contributed by atoms with Crippen molar-refractivity contribution >= 4 is 34.7 Å². The number of carboxylic acids is 1. The lowest BCUT2D eigenvalue weighted by atomic mass is 9.91. The standard InChI is InChI=1S/C26H28ClNO5S/c1-15-13-28-25(34-15)21(12-24(30)31)17-8-16(9-18(27)10-17)20-11-19(6-7-22(20)32-5)33-14-23(29)26(2,3)4/h6-11,13,21H,12,14H2,1-5H3,(H,30,31). The zero-order valence-electron chi connectivity index (χ0n) is 19.8. The van der Waals surface area contributed by atoms with E-state index in [1.807, 2.05) is 33.8 Å². The number of halogens is 1. The summed E-state index contributed by atoms with van der Waals surface area (Å²) in [6.45, 7) is 7.44. The molecule has 1 unspecified atom stereocenters. The number of carbonyl (C=O) groups excluding carboxylic acids is 1. The first-order valence-corrected chi connectivity index (χ1v) is 12.0. The van der Waals surface area contributed by atoms with Crippen LogP contribution in [0.15, 0.2) is 42.6 Å². The summed E-state index contributed by atoms with van der Waals surface area (Å²) in [7, 11) is 1.57. The molecule has 0 fully saturated rings. The van der Waals surface area contributed by atoms with Gasteiger partial charge in [-0.1, -0.05) is 38.4 Å². The number of rotatable bonds is 9. The molecule has 180 valence electrons. The van der Waals surface area contributed by atoms with E-state index in [-0.39, 0.29) is 18.8 Å². The summed E-state index contributed by atoms with van der Waals surface area (Å²) in [6, 6.07) is 10.8. The molecular formula is C26H28ClNO5S. The van der Waals surface area contributed by atoms with E-state index in [0.717, 1.165) is 26.6 Å². The minimum Gasteiger partial charge on any atom is -0.496 e. The molecule has 3 aromatic rings. The van der Waals surface area contributed by atoms with Crippen LogP contribution in [0.4, 0.5) is 0 Å². The number of ether oxygens (including phenoxy) is 2. The topological polar surface area (TPSA) is 85.7 Å². The molecule has 0 aliphatic heterocycles. The van der Waals surface area contributed by atoms with Gasteiger partial charge in [-0.2, -0.15) is 0 Å². The number of aryl methyl sites for hydroxylation is 1.